The van der Waals surface area contributed by atoms with Crippen LogP contribution in [0.15, 0.2) is 11.6 Å². The van der Waals surface area contributed by atoms with Crippen LogP contribution < -0.4 is 10.6 Å². The number of hydrogen-bond donors (Lipinski definition) is 1. The Morgan fingerprint density at radius 2 is 2.64 bits per heavy atom. The molecule has 0 aromatic carbocycles. The molecule has 1 aliphatic rings. The maximum Gasteiger partial charge on any atom is 0.185 e. The van der Waals surface area contributed by atoms with E-state index in [4.69, 9.17) is 10.5 Å². The van der Waals surface area contributed by atoms with Crippen molar-refractivity contribution in [1.29, 1.82) is 0 Å². The molecule has 0 spiro atoms. The summed E-state index contributed by atoms with van der Waals surface area (Å²) in [6.45, 7) is 3.33. The molecule has 1 aliphatic heterocycles. The number of nitrogens with zero attached hydrogens (tertiary/aromatic N) is 2. The van der Waals surface area contributed by atoms with Crippen LogP contribution in [0.3, 0.4) is 0 Å². The predicted molar refractivity (Wildman–Crippen MR) is 57.7 cm³/mol. The third-order valence-electron chi connectivity index (χ3n) is 2.32. The van der Waals surface area contributed by atoms with Gasteiger partial charge in [-0.15, -0.1) is 11.3 Å². The Morgan fingerprint density at radius 3 is 3.36 bits per heavy atom. The predicted octanol–water partition coefficient (Wildman–Crippen LogP) is 0.697. The van der Waals surface area contributed by atoms with E-state index in [2.05, 4.69) is 9.88 Å². The number of morpholine rings is 1. The molecule has 0 radical (unpaired) electrons. The Hall–Kier alpha value is -0.650. The number of aromatic nitrogens is 1. The molecule has 1 aromatic rings. The average molecular weight is 213 g/mol. The Kier molecular flexibility index (Phi) is 3.34. The normalized spacial score (nSPS) is 22.6. The molecule has 0 aliphatic carbocycles. The summed E-state index contributed by atoms with van der Waals surface area (Å²) in [7, 11) is 0. The monoisotopic (exact) mass is 213 g/mol. The Morgan fingerprint density at radius 1 is 1.71 bits per heavy atom. The summed E-state index contributed by atoms with van der Waals surface area (Å²) in [4.78, 5) is 6.56. The molecule has 2 rings (SSSR count). The summed E-state index contributed by atoms with van der Waals surface area (Å²) in [6, 6.07) is 0. The van der Waals surface area contributed by atoms with Crippen LogP contribution in [0.25, 0.3) is 0 Å². The lowest BCUT2D eigenvalue weighted by atomic mass is 10.2. The third kappa shape index (κ3) is 2.23. The summed E-state index contributed by atoms with van der Waals surface area (Å²) < 4.78 is 5.60. The molecule has 0 bridgehead atoms. The number of anilines is 1. The van der Waals surface area contributed by atoms with E-state index in [1.165, 1.54) is 0 Å². The molecule has 2 N–H and O–H groups in total. The first-order valence-corrected chi connectivity index (χ1v) is 5.74. The molecule has 0 saturated carbocycles. The molecule has 4 nitrogen and oxygen atoms in total. The highest BCUT2D eigenvalue weighted by Crippen LogP contribution is 2.20. The highest BCUT2D eigenvalue weighted by molar-refractivity contribution is 7.13. The fourth-order valence-corrected chi connectivity index (χ4v) is 2.31. The molecule has 14 heavy (non-hydrogen) atoms. The van der Waals surface area contributed by atoms with Gasteiger partial charge in [0.05, 0.1) is 12.7 Å². The van der Waals surface area contributed by atoms with Crippen LogP contribution in [0.2, 0.25) is 0 Å². The topological polar surface area (TPSA) is 51.4 Å². The summed E-state index contributed by atoms with van der Waals surface area (Å²) in [6.07, 6.45) is 3.05. The van der Waals surface area contributed by atoms with Crippen molar-refractivity contribution in [2.75, 3.05) is 31.1 Å². The molecule has 1 unspecified atom stereocenters. The molecule has 1 saturated heterocycles. The van der Waals surface area contributed by atoms with Gasteiger partial charge in [-0.25, -0.2) is 4.98 Å². The van der Waals surface area contributed by atoms with Crippen LogP contribution in [0.4, 0.5) is 5.13 Å². The number of rotatable bonds is 3. The summed E-state index contributed by atoms with van der Waals surface area (Å²) in [5.41, 5.74) is 5.51. The van der Waals surface area contributed by atoms with Gasteiger partial charge in [0.2, 0.25) is 0 Å². The fourth-order valence-electron chi connectivity index (χ4n) is 1.63. The maximum absolute atomic E-state index is 5.60. The van der Waals surface area contributed by atoms with Crippen molar-refractivity contribution in [2.45, 2.75) is 12.5 Å². The highest BCUT2D eigenvalue weighted by Gasteiger charge is 2.21. The molecule has 78 valence electrons. The Balaban J connectivity index is 1.94. The summed E-state index contributed by atoms with van der Waals surface area (Å²) in [5.74, 6) is 0. The van der Waals surface area contributed by atoms with Crippen molar-refractivity contribution in [1.82, 2.24) is 4.98 Å². The smallest absolute Gasteiger partial charge is 0.185 e. The van der Waals surface area contributed by atoms with E-state index in [-0.39, 0.29) is 6.10 Å². The van der Waals surface area contributed by atoms with E-state index in [0.29, 0.717) is 6.54 Å². The van der Waals surface area contributed by atoms with Crippen LogP contribution in [-0.4, -0.2) is 37.3 Å². The van der Waals surface area contributed by atoms with Gasteiger partial charge in [0, 0.05) is 24.7 Å². The maximum atomic E-state index is 5.60. The minimum Gasteiger partial charge on any atom is -0.374 e. The quantitative estimate of drug-likeness (QED) is 0.803. The number of ether oxygens (including phenoxy) is 1. The first-order chi connectivity index (χ1) is 6.90. The summed E-state index contributed by atoms with van der Waals surface area (Å²) in [5, 5.41) is 3.10. The van der Waals surface area contributed by atoms with Crippen LogP contribution in [-0.2, 0) is 4.74 Å². The third-order valence-corrected chi connectivity index (χ3v) is 3.15. The minimum absolute atomic E-state index is 0.276. The second-order valence-corrected chi connectivity index (χ2v) is 4.20. The zero-order valence-electron chi connectivity index (χ0n) is 8.06. The molecule has 1 aromatic heterocycles. The molecular weight excluding hydrogens is 198 g/mol. The lowest BCUT2D eigenvalue weighted by Gasteiger charge is -2.32. The Bertz CT molecular complexity index is 263. The van der Waals surface area contributed by atoms with Gasteiger partial charge < -0.3 is 15.4 Å². The first-order valence-electron chi connectivity index (χ1n) is 4.86. The molecule has 1 atom stereocenters. The molecule has 5 heteroatoms. The van der Waals surface area contributed by atoms with Crippen molar-refractivity contribution in [2.24, 2.45) is 5.73 Å². The standard InChI is InChI=1S/C9H15N3OS/c10-2-1-8-7-12(4-5-13-8)9-11-3-6-14-9/h3,6,8H,1-2,4-5,7,10H2. The second kappa shape index (κ2) is 4.72. The van der Waals surface area contributed by atoms with E-state index in [9.17, 15) is 0 Å². The Labute approximate surface area is 87.7 Å². The first kappa shape index (κ1) is 9.89. The SMILES string of the molecule is NCCC1CN(c2nccs2)CCO1. The molecule has 1 fully saturated rings. The van der Waals surface area contributed by atoms with Crippen molar-refractivity contribution in [3.05, 3.63) is 11.6 Å². The van der Waals surface area contributed by atoms with E-state index in [0.717, 1.165) is 31.2 Å². The van der Waals surface area contributed by atoms with Crippen molar-refractivity contribution >= 4 is 16.5 Å². The van der Waals surface area contributed by atoms with Gasteiger partial charge in [0.1, 0.15) is 0 Å². The number of hydrogen-bond acceptors (Lipinski definition) is 5. The van der Waals surface area contributed by atoms with E-state index < -0.39 is 0 Å². The largest absolute Gasteiger partial charge is 0.374 e. The summed E-state index contributed by atoms with van der Waals surface area (Å²) >= 11 is 1.68. The van der Waals surface area contributed by atoms with Crippen molar-refractivity contribution in [3.8, 4) is 0 Å². The van der Waals surface area contributed by atoms with Crippen LogP contribution in [0.5, 0.6) is 0 Å². The van der Waals surface area contributed by atoms with Gasteiger partial charge in [0.25, 0.3) is 0 Å². The lowest BCUT2D eigenvalue weighted by molar-refractivity contribution is 0.0368. The van der Waals surface area contributed by atoms with E-state index in [1.807, 2.05) is 11.6 Å². The van der Waals surface area contributed by atoms with Crippen LogP contribution in [0, 0.1) is 0 Å². The van der Waals surface area contributed by atoms with Gasteiger partial charge in [-0.2, -0.15) is 0 Å². The van der Waals surface area contributed by atoms with E-state index >= 15 is 0 Å². The van der Waals surface area contributed by atoms with Crippen LogP contribution >= 0.6 is 11.3 Å². The fraction of sp³-hybridized carbons (Fsp3) is 0.667. The molecule has 0 amide bonds. The number of nitrogens with two attached hydrogens (primary N) is 1. The van der Waals surface area contributed by atoms with Gasteiger partial charge in [-0.3, -0.25) is 0 Å². The number of thiazole rings is 1. The van der Waals surface area contributed by atoms with Gasteiger partial charge in [-0.1, -0.05) is 0 Å². The van der Waals surface area contributed by atoms with Gasteiger partial charge in [0.15, 0.2) is 5.13 Å². The van der Waals surface area contributed by atoms with Crippen LogP contribution in [0.1, 0.15) is 6.42 Å². The lowest BCUT2D eigenvalue weighted by Crippen LogP contribution is -2.43. The molecular formula is C9H15N3OS. The molecule has 2 heterocycles. The zero-order valence-corrected chi connectivity index (χ0v) is 8.87. The van der Waals surface area contributed by atoms with E-state index in [1.54, 1.807) is 11.3 Å². The highest BCUT2D eigenvalue weighted by atomic mass is 32.1. The van der Waals surface area contributed by atoms with Gasteiger partial charge in [-0.05, 0) is 13.0 Å². The zero-order chi connectivity index (χ0) is 9.80. The second-order valence-electron chi connectivity index (χ2n) is 3.33. The van der Waals surface area contributed by atoms with Crippen molar-refractivity contribution in [3.63, 3.8) is 0 Å². The average Bonchev–Trinajstić information content (AvgIpc) is 2.71. The minimum atomic E-state index is 0.276. The van der Waals surface area contributed by atoms with Gasteiger partial charge >= 0.3 is 0 Å². The van der Waals surface area contributed by atoms with Crippen molar-refractivity contribution < 1.29 is 4.74 Å².